The molecule has 15 heavy (non-hydrogen) atoms. The molecule has 1 unspecified atom stereocenters. The van der Waals surface area contributed by atoms with Crippen LogP contribution in [0.3, 0.4) is 0 Å². The fourth-order valence-corrected chi connectivity index (χ4v) is 2.41. The van der Waals surface area contributed by atoms with Crippen molar-refractivity contribution in [2.24, 2.45) is 5.73 Å². The first kappa shape index (κ1) is 10.3. The first-order valence-electron chi connectivity index (χ1n) is 5.02. The molecule has 0 fully saturated rings. The molecule has 0 aliphatic heterocycles. The smallest absolute Gasteiger partial charge is 0.0303 e. The Hall–Kier alpha value is -1.19. The number of aromatic nitrogens is 1. The van der Waals surface area contributed by atoms with Gasteiger partial charge in [0.05, 0.1) is 0 Å². The van der Waals surface area contributed by atoms with Gasteiger partial charge in [-0.3, -0.25) is 4.98 Å². The van der Waals surface area contributed by atoms with Gasteiger partial charge in [0.2, 0.25) is 0 Å². The SMILES string of the molecule is NCC(Cc1cccs1)c1cccnc1. The van der Waals surface area contributed by atoms with Crippen molar-refractivity contribution in [3.63, 3.8) is 0 Å². The fraction of sp³-hybridized carbons (Fsp3) is 0.250. The highest BCUT2D eigenvalue weighted by Gasteiger charge is 2.10. The third kappa shape index (κ3) is 2.64. The molecule has 0 radical (unpaired) electrons. The minimum absolute atomic E-state index is 0.386. The topological polar surface area (TPSA) is 38.9 Å². The third-order valence-corrected chi connectivity index (χ3v) is 3.37. The van der Waals surface area contributed by atoms with Crippen molar-refractivity contribution < 1.29 is 0 Å². The number of nitrogens with zero attached hydrogens (tertiary/aromatic N) is 1. The summed E-state index contributed by atoms with van der Waals surface area (Å²) in [4.78, 5) is 5.51. The Kier molecular flexibility index (Phi) is 3.48. The molecule has 2 aromatic heterocycles. The molecule has 1 atom stereocenters. The van der Waals surface area contributed by atoms with Crippen LogP contribution in [0.1, 0.15) is 16.4 Å². The van der Waals surface area contributed by atoms with Gasteiger partial charge in [-0.15, -0.1) is 11.3 Å². The van der Waals surface area contributed by atoms with Gasteiger partial charge < -0.3 is 5.73 Å². The summed E-state index contributed by atoms with van der Waals surface area (Å²) in [6, 6.07) is 8.30. The number of hydrogen-bond donors (Lipinski definition) is 1. The van der Waals surface area contributed by atoms with E-state index in [2.05, 4.69) is 28.6 Å². The molecule has 0 saturated carbocycles. The summed E-state index contributed by atoms with van der Waals surface area (Å²) in [7, 11) is 0. The average molecular weight is 218 g/mol. The molecule has 0 bridgehead atoms. The first-order chi connectivity index (χ1) is 7.40. The largest absolute Gasteiger partial charge is 0.330 e. The van der Waals surface area contributed by atoms with E-state index in [-0.39, 0.29) is 0 Å². The molecule has 2 nitrogen and oxygen atoms in total. The Labute approximate surface area is 93.8 Å². The van der Waals surface area contributed by atoms with Crippen molar-refractivity contribution in [2.45, 2.75) is 12.3 Å². The van der Waals surface area contributed by atoms with Crippen LogP contribution in [0.25, 0.3) is 0 Å². The summed E-state index contributed by atoms with van der Waals surface area (Å²) in [5.74, 6) is 0.386. The molecular weight excluding hydrogens is 204 g/mol. The second-order valence-electron chi connectivity index (χ2n) is 3.50. The molecule has 78 valence electrons. The fourth-order valence-electron chi connectivity index (χ4n) is 1.63. The lowest BCUT2D eigenvalue weighted by Gasteiger charge is -2.13. The van der Waals surface area contributed by atoms with Crippen LogP contribution in [-0.4, -0.2) is 11.5 Å². The van der Waals surface area contributed by atoms with Crippen LogP contribution in [0, 0.1) is 0 Å². The van der Waals surface area contributed by atoms with Gasteiger partial charge in [-0.2, -0.15) is 0 Å². The van der Waals surface area contributed by atoms with Crippen molar-refractivity contribution in [3.8, 4) is 0 Å². The molecule has 0 aliphatic carbocycles. The quantitative estimate of drug-likeness (QED) is 0.856. The molecule has 0 saturated heterocycles. The highest BCUT2D eigenvalue weighted by molar-refractivity contribution is 7.09. The predicted octanol–water partition coefficient (Wildman–Crippen LogP) is 2.43. The normalized spacial score (nSPS) is 12.6. The maximum Gasteiger partial charge on any atom is 0.0303 e. The average Bonchev–Trinajstić information content (AvgIpc) is 2.80. The number of rotatable bonds is 4. The highest BCUT2D eigenvalue weighted by atomic mass is 32.1. The van der Waals surface area contributed by atoms with Gasteiger partial charge >= 0.3 is 0 Å². The van der Waals surface area contributed by atoms with Crippen molar-refractivity contribution >= 4 is 11.3 Å². The second kappa shape index (κ2) is 5.05. The lowest BCUT2D eigenvalue weighted by Crippen LogP contribution is -2.14. The first-order valence-corrected chi connectivity index (χ1v) is 5.90. The summed E-state index contributed by atoms with van der Waals surface area (Å²) in [6.45, 7) is 0.670. The summed E-state index contributed by atoms with van der Waals surface area (Å²) in [5, 5.41) is 2.10. The van der Waals surface area contributed by atoms with Gasteiger partial charge in [0.25, 0.3) is 0 Å². The zero-order valence-electron chi connectivity index (χ0n) is 8.47. The van der Waals surface area contributed by atoms with Crippen LogP contribution in [-0.2, 0) is 6.42 Å². The van der Waals surface area contributed by atoms with Crippen LogP contribution < -0.4 is 5.73 Å². The maximum atomic E-state index is 5.80. The molecule has 2 rings (SSSR count). The summed E-state index contributed by atoms with van der Waals surface area (Å²) in [5.41, 5.74) is 7.03. The summed E-state index contributed by atoms with van der Waals surface area (Å²) < 4.78 is 0. The van der Waals surface area contributed by atoms with Gasteiger partial charge in [-0.05, 0) is 36.0 Å². The van der Waals surface area contributed by atoms with Crippen LogP contribution in [0.2, 0.25) is 0 Å². The standard InChI is InChI=1S/C12H14N2S/c13-8-11(7-12-4-2-6-15-12)10-3-1-5-14-9-10/h1-6,9,11H,7-8,13H2. The molecular formula is C12H14N2S. The predicted molar refractivity (Wildman–Crippen MR) is 64.1 cm³/mol. The maximum absolute atomic E-state index is 5.80. The van der Waals surface area contributed by atoms with Crippen LogP contribution >= 0.6 is 11.3 Å². The second-order valence-corrected chi connectivity index (χ2v) is 4.53. The molecule has 0 aliphatic rings. The van der Waals surface area contributed by atoms with Gasteiger partial charge in [0, 0.05) is 23.2 Å². The Morgan fingerprint density at radius 3 is 2.87 bits per heavy atom. The minimum Gasteiger partial charge on any atom is -0.330 e. The van der Waals surface area contributed by atoms with Crippen LogP contribution in [0.5, 0.6) is 0 Å². The van der Waals surface area contributed by atoms with E-state index in [1.54, 1.807) is 17.5 Å². The van der Waals surface area contributed by atoms with Gasteiger partial charge in [0.1, 0.15) is 0 Å². The Balaban J connectivity index is 2.12. The number of pyridine rings is 1. The van der Waals surface area contributed by atoms with Gasteiger partial charge in [-0.1, -0.05) is 12.1 Å². The molecule has 2 N–H and O–H groups in total. The Morgan fingerprint density at radius 2 is 2.27 bits per heavy atom. The van der Waals surface area contributed by atoms with E-state index in [0.29, 0.717) is 12.5 Å². The molecule has 2 heterocycles. The molecule has 0 spiro atoms. The number of thiophene rings is 1. The van der Waals surface area contributed by atoms with E-state index < -0.39 is 0 Å². The van der Waals surface area contributed by atoms with Gasteiger partial charge in [-0.25, -0.2) is 0 Å². The van der Waals surface area contributed by atoms with Crippen molar-refractivity contribution in [1.29, 1.82) is 0 Å². The third-order valence-electron chi connectivity index (χ3n) is 2.47. The minimum atomic E-state index is 0.386. The van der Waals surface area contributed by atoms with E-state index in [4.69, 9.17) is 5.73 Å². The lowest BCUT2D eigenvalue weighted by molar-refractivity contribution is 0.698. The van der Waals surface area contributed by atoms with E-state index in [1.165, 1.54) is 10.4 Å². The van der Waals surface area contributed by atoms with Crippen LogP contribution in [0.15, 0.2) is 42.0 Å². The molecule has 0 amide bonds. The summed E-state index contributed by atoms with van der Waals surface area (Å²) >= 11 is 1.79. The van der Waals surface area contributed by atoms with E-state index in [0.717, 1.165) is 6.42 Å². The number of nitrogens with two attached hydrogens (primary N) is 1. The van der Waals surface area contributed by atoms with Crippen molar-refractivity contribution in [3.05, 3.63) is 52.5 Å². The lowest BCUT2D eigenvalue weighted by atomic mass is 9.97. The van der Waals surface area contributed by atoms with E-state index in [1.807, 2.05) is 12.3 Å². The zero-order chi connectivity index (χ0) is 10.5. The molecule has 0 aromatic carbocycles. The zero-order valence-corrected chi connectivity index (χ0v) is 9.28. The Bertz CT molecular complexity index is 383. The van der Waals surface area contributed by atoms with Crippen molar-refractivity contribution in [1.82, 2.24) is 4.98 Å². The monoisotopic (exact) mass is 218 g/mol. The summed E-state index contributed by atoms with van der Waals surface area (Å²) in [6.07, 6.45) is 4.72. The molecule has 2 aromatic rings. The van der Waals surface area contributed by atoms with Crippen molar-refractivity contribution in [2.75, 3.05) is 6.54 Å². The highest BCUT2D eigenvalue weighted by Crippen LogP contribution is 2.21. The van der Waals surface area contributed by atoms with Crippen LogP contribution in [0.4, 0.5) is 0 Å². The number of hydrogen-bond acceptors (Lipinski definition) is 3. The van der Waals surface area contributed by atoms with E-state index >= 15 is 0 Å². The van der Waals surface area contributed by atoms with Gasteiger partial charge in [0.15, 0.2) is 0 Å². The Morgan fingerprint density at radius 1 is 1.33 bits per heavy atom. The molecule has 3 heteroatoms. The van der Waals surface area contributed by atoms with E-state index in [9.17, 15) is 0 Å².